The first-order chi connectivity index (χ1) is 24.2. The van der Waals surface area contributed by atoms with E-state index in [1.807, 2.05) is 0 Å². The number of likely N-dealkylation sites (tertiary alicyclic amines) is 1. The fraction of sp³-hybridized carbons (Fsp3) is 0.700. The summed E-state index contributed by atoms with van der Waals surface area (Å²) in [5, 5.41) is 40.7. The minimum absolute atomic E-state index is 0.0609. The van der Waals surface area contributed by atoms with Crippen molar-refractivity contribution in [3.63, 3.8) is 0 Å². The number of nitrogens with zero attached hydrogens (tertiary/aromatic N) is 2. The highest BCUT2D eigenvalue weighted by molar-refractivity contribution is 5.98. The van der Waals surface area contributed by atoms with Crippen LogP contribution in [0.1, 0.15) is 59.8 Å². The summed E-state index contributed by atoms with van der Waals surface area (Å²) in [5.41, 5.74) is 21.4. The van der Waals surface area contributed by atoms with Gasteiger partial charge in [-0.25, -0.2) is 4.79 Å². The van der Waals surface area contributed by atoms with Gasteiger partial charge in [-0.3, -0.25) is 38.6 Å². The molecule has 1 aliphatic heterocycles. The molecule has 52 heavy (non-hydrogen) atoms. The molecule has 0 saturated carbocycles. The predicted molar refractivity (Wildman–Crippen MR) is 183 cm³/mol. The lowest BCUT2D eigenvalue weighted by Gasteiger charge is -2.30. The number of carboxylic acid groups (broad SMARTS) is 1. The van der Waals surface area contributed by atoms with E-state index in [0.717, 1.165) is 0 Å². The summed E-state index contributed by atoms with van der Waals surface area (Å²) in [5.74, 6) is -8.29. The fourth-order valence-corrected chi connectivity index (χ4v) is 5.16. The Morgan fingerprint density at radius 1 is 0.827 bits per heavy atom. The number of aliphatic carboxylic acids is 1. The van der Waals surface area contributed by atoms with E-state index in [9.17, 15) is 48.6 Å². The van der Waals surface area contributed by atoms with E-state index < -0.39 is 115 Å². The van der Waals surface area contributed by atoms with Gasteiger partial charge in [0.1, 0.15) is 42.3 Å². The Balaban J connectivity index is 3.17. The number of aliphatic hydroxyl groups excluding tert-OH is 2. The Hall–Kier alpha value is -5.09. The topological polar surface area (TPSA) is 377 Å². The number of carboxylic acids is 1. The van der Waals surface area contributed by atoms with Gasteiger partial charge in [-0.1, -0.05) is 13.8 Å². The Labute approximate surface area is 300 Å². The highest BCUT2D eigenvalue weighted by atomic mass is 16.4. The smallest absolute Gasteiger partial charge is 0.326 e. The molecule has 0 aromatic heterocycles. The summed E-state index contributed by atoms with van der Waals surface area (Å²) < 4.78 is 0. The van der Waals surface area contributed by atoms with Gasteiger partial charge in [-0.15, -0.1) is 0 Å². The van der Waals surface area contributed by atoms with Crippen LogP contribution in [0.5, 0.6) is 0 Å². The van der Waals surface area contributed by atoms with Crippen molar-refractivity contribution < 1.29 is 53.7 Å². The number of hydrogen-bond acceptors (Lipinski definition) is 12. The second kappa shape index (κ2) is 21.3. The number of carbonyl (C=O) groups is 8. The van der Waals surface area contributed by atoms with E-state index in [2.05, 4.69) is 31.6 Å². The minimum Gasteiger partial charge on any atom is -0.480 e. The lowest BCUT2D eigenvalue weighted by molar-refractivity contribution is -0.144. The molecular weight excluding hydrogens is 690 g/mol. The number of amides is 7. The van der Waals surface area contributed by atoms with Crippen molar-refractivity contribution in [2.45, 2.75) is 108 Å². The zero-order chi connectivity index (χ0) is 39.9. The lowest BCUT2D eigenvalue weighted by Crippen LogP contribution is -2.61. The first-order valence-electron chi connectivity index (χ1n) is 16.6. The van der Waals surface area contributed by atoms with Crippen molar-refractivity contribution in [1.29, 1.82) is 0 Å². The van der Waals surface area contributed by atoms with Crippen LogP contribution in [0.25, 0.3) is 0 Å². The van der Waals surface area contributed by atoms with Gasteiger partial charge in [0.05, 0.1) is 19.1 Å². The summed E-state index contributed by atoms with van der Waals surface area (Å²) in [7, 11) is 0. The normalized spacial score (nSPS) is 18.0. The summed E-state index contributed by atoms with van der Waals surface area (Å²) in [6.45, 7) is 5.04. The molecule has 0 spiro atoms. The molecule has 7 amide bonds. The molecule has 0 aromatic carbocycles. The van der Waals surface area contributed by atoms with Crippen LogP contribution in [0.4, 0.5) is 0 Å². The number of aliphatic imine (C=N–C) groups is 1. The van der Waals surface area contributed by atoms with Gasteiger partial charge in [0.2, 0.25) is 41.4 Å². The van der Waals surface area contributed by atoms with Crippen LogP contribution in [0.3, 0.4) is 0 Å². The molecule has 16 N–H and O–H groups in total. The maximum atomic E-state index is 13.6. The fourth-order valence-electron chi connectivity index (χ4n) is 5.16. The Bertz CT molecular complexity index is 1340. The average molecular weight is 744 g/mol. The molecule has 22 nitrogen and oxygen atoms in total. The van der Waals surface area contributed by atoms with Gasteiger partial charge in [-0.05, 0) is 45.4 Å². The highest BCUT2D eigenvalue weighted by Gasteiger charge is 2.39. The number of nitrogens with two attached hydrogens (primary N) is 4. The van der Waals surface area contributed by atoms with Crippen molar-refractivity contribution in [3.05, 3.63) is 0 Å². The number of primary amides is 1. The first kappa shape index (κ1) is 44.9. The van der Waals surface area contributed by atoms with E-state index >= 15 is 0 Å². The monoisotopic (exact) mass is 743 g/mol. The van der Waals surface area contributed by atoms with Crippen molar-refractivity contribution in [2.75, 3.05) is 19.7 Å². The molecule has 22 heteroatoms. The molecule has 1 aliphatic rings. The van der Waals surface area contributed by atoms with Gasteiger partial charge in [0.15, 0.2) is 5.96 Å². The Kier molecular flexibility index (Phi) is 18.4. The first-order valence-corrected chi connectivity index (χ1v) is 16.6. The van der Waals surface area contributed by atoms with Gasteiger partial charge < -0.3 is 69.7 Å². The van der Waals surface area contributed by atoms with E-state index in [1.165, 1.54) is 18.7 Å². The number of rotatable bonds is 21. The van der Waals surface area contributed by atoms with E-state index in [4.69, 9.17) is 28.0 Å². The van der Waals surface area contributed by atoms with E-state index in [0.29, 0.717) is 6.42 Å². The summed E-state index contributed by atoms with van der Waals surface area (Å²) in [6, 6.07) is -9.58. The third kappa shape index (κ3) is 14.3. The van der Waals surface area contributed by atoms with Crippen LogP contribution in [0.2, 0.25) is 0 Å². The molecule has 0 aliphatic carbocycles. The number of hydrogen-bond donors (Lipinski definition) is 12. The number of nitrogens with one attached hydrogen (secondary N) is 5. The van der Waals surface area contributed by atoms with Crippen LogP contribution in [0.15, 0.2) is 4.99 Å². The van der Waals surface area contributed by atoms with Crippen molar-refractivity contribution in [3.8, 4) is 0 Å². The van der Waals surface area contributed by atoms with Crippen molar-refractivity contribution in [1.82, 2.24) is 31.5 Å². The molecule has 1 fully saturated rings. The number of guanidine groups is 1. The second-order valence-electron chi connectivity index (χ2n) is 12.7. The van der Waals surface area contributed by atoms with Gasteiger partial charge in [0.25, 0.3) is 0 Å². The maximum Gasteiger partial charge on any atom is 0.326 e. The molecule has 0 radical (unpaired) electrons. The van der Waals surface area contributed by atoms with Gasteiger partial charge in [0, 0.05) is 13.1 Å². The largest absolute Gasteiger partial charge is 0.480 e. The molecule has 8 atom stereocenters. The molecule has 0 aromatic rings. The molecule has 294 valence electrons. The number of aliphatic hydroxyl groups is 2. The van der Waals surface area contributed by atoms with Crippen LogP contribution in [-0.4, -0.2) is 142 Å². The second-order valence-corrected chi connectivity index (χ2v) is 12.7. The van der Waals surface area contributed by atoms with Crippen molar-refractivity contribution in [2.24, 2.45) is 33.8 Å². The SMILES string of the molecule is CC(C)[C@H](NC(=O)[C@@H](NC(=O)[C@H](CCCN=C(N)N)NC(=O)[C@@H]1CCCN1C(=O)[C@H](C)NC(=O)[C@H](CC(N)=O)NC(=O)[C@@H](N)CO)[C@@H](C)O)C(=O)O. The molecular formula is C30H53N11O11. The molecule has 0 bridgehead atoms. The minimum atomic E-state index is -1.61. The predicted octanol–water partition coefficient (Wildman–Crippen LogP) is -6.21. The van der Waals surface area contributed by atoms with Crippen LogP contribution in [0, 0.1) is 5.92 Å². The molecule has 1 heterocycles. The molecule has 0 unspecified atom stereocenters. The third-order valence-electron chi connectivity index (χ3n) is 8.01. The summed E-state index contributed by atoms with van der Waals surface area (Å²) in [6.07, 6.45) is -1.48. The van der Waals surface area contributed by atoms with Gasteiger partial charge >= 0.3 is 5.97 Å². The van der Waals surface area contributed by atoms with E-state index in [-0.39, 0.29) is 38.3 Å². The number of carbonyl (C=O) groups excluding carboxylic acids is 7. The Morgan fingerprint density at radius 3 is 1.94 bits per heavy atom. The van der Waals surface area contributed by atoms with Crippen LogP contribution in [-0.2, 0) is 38.4 Å². The highest BCUT2D eigenvalue weighted by Crippen LogP contribution is 2.19. The third-order valence-corrected chi connectivity index (χ3v) is 8.01. The van der Waals surface area contributed by atoms with Crippen LogP contribution >= 0.6 is 0 Å². The molecule has 1 rings (SSSR count). The van der Waals surface area contributed by atoms with Crippen LogP contribution < -0.4 is 49.5 Å². The maximum absolute atomic E-state index is 13.6. The lowest BCUT2D eigenvalue weighted by atomic mass is 10.0. The molecule has 1 saturated heterocycles. The zero-order valence-electron chi connectivity index (χ0n) is 29.7. The summed E-state index contributed by atoms with van der Waals surface area (Å²) in [4.78, 5) is 107. The Morgan fingerprint density at radius 2 is 1.42 bits per heavy atom. The summed E-state index contributed by atoms with van der Waals surface area (Å²) >= 11 is 0. The van der Waals surface area contributed by atoms with Gasteiger partial charge in [-0.2, -0.15) is 0 Å². The quantitative estimate of drug-likeness (QED) is 0.0296. The van der Waals surface area contributed by atoms with E-state index in [1.54, 1.807) is 13.8 Å². The van der Waals surface area contributed by atoms with Crippen molar-refractivity contribution >= 4 is 53.3 Å². The standard InChI is InChI=1S/C30H53N11O11/c1-13(2)21(29(51)52)39-27(49)22(15(4)43)40-24(46)17(7-5-9-35-30(33)34)37-26(48)19-8-6-10-41(19)28(50)14(3)36-25(47)18(11-20(32)44)38-23(45)16(31)12-42/h13-19,21-22,42-43H,5-12,31H2,1-4H3,(H2,32,44)(H,36,47)(H,37,48)(H,38,45)(H,39,49)(H,40,46)(H,51,52)(H4,33,34,35)/t14-,15+,16-,17-,18-,19-,21-,22-/m0/s1. The average Bonchev–Trinajstić information content (AvgIpc) is 3.55. The zero-order valence-corrected chi connectivity index (χ0v) is 29.7.